The normalized spacial score (nSPS) is 11.8. The fourth-order valence-corrected chi connectivity index (χ4v) is 2.63. The topological polar surface area (TPSA) is 97.4 Å². The van der Waals surface area contributed by atoms with Gasteiger partial charge in [-0.1, -0.05) is 6.58 Å². The van der Waals surface area contributed by atoms with Crippen LogP contribution in [0.4, 0.5) is 22.7 Å². The third-order valence-electron chi connectivity index (χ3n) is 4.20. The van der Waals surface area contributed by atoms with Gasteiger partial charge in [0.15, 0.2) is 0 Å². The Hall–Kier alpha value is -3.55. The maximum Gasteiger partial charge on any atom is 0.333 e. The van der Waals surface area contributed by atoms with Gasteiger partial charge in [-0.15, -0.1) is 0 Å². The van der Waals surface area contributed by atoms with Crippen LogP contribution in [0.5, 0.6) is 0 Å². The molecule has 152 valence electrons. The van der Waals surface area contributed by atoms with Crippen LogP contribution in [-0.4, -0.2) is 30.1 Å². The quantitative estimate of drug-likeness (QED) is 0.187. The molecule has 0 heterocycles. The molecular formula is C21H24N4O4. The molecule has 0 fully saturated rings. The Kier molecular flexibility index (Phi) is 7.59. The molecule has 0 saturated carbocycles. The fraction of sp³-hybridized carbons (Fsp3) is 0.286. The smallest absolute Gasteiger partial charge is 0.333 e. The average molecular weight is 396 g/mol. The van der Waals surface area contributed by atoms with Gasteiger partial charge < -0.3 is 9.64 Å². The summed E-state index contributed by atoms with van der Waals surface area (Å²) < 4.78 is 5.25. The summed E-state index contributed by atoms with van der Waals surface area (Å²) in [7, 11) is 0. The van der Waals surface area contributed by atoms with Crippen molar-refractivity contribution >= 4 is 28.7 Å². The maximum absolute atomic E-state index is 11.6. The first-order valence-electron chi connectivity index (χ1n) is 9.17. The molecule has 0 spiro atoms. The van der Waals surface area contributed by atoms with E-state index in [0.29, 0.717) is 16.9 Å². The number of likely N-dealkylation sites (N-methyl/N-ethyl adjacent to an activating group) is 1. The summed E-state index contributed by atoms with van der Waals surface area (Å²) in [6.45, 7) is 10.2. The first-order chi connectivity index (χ1) is 13.8. The number of rotatable bonds is 9. The molecule has 2 aromatic carbocycles. The largest absolute Gasteiger partial charge is 0.460 e. The van der Waals surface area contributed by atoms with Crippen LogP contribution >= 0.6 is 0 Å². The van der Waals surface area contributed by atoms with E-state index in [9.17, 15) is 14.9 Å². The Morgan fingerprint density at radius 2 is 1.66 bits per heavy atom. The fourth-order valence-electron chi connectivity index (χ4n) is 2.63. The number of hydrogen-bond donors (Lipinski definition) is 0. The van der Waals surface area contributed by atoms with Gasteiger partial charge in [-0.05, 0) is 57.2 Å². The van der Waals surface area contributed by atoms with Crippen molar-refractivity contribution in [2.45, 2.75) is 26.8 Å². The second-order valence-corrected chi connectivity index (χ2v) is 6.50. The summed E-state index contributed by atoms with van der Waals surface area (Å²) in [5.41, 5.74) is 2.55. The van der Waals surface area contributed by atoms with Gasteiger partial charge in [-0.3, -0.25) is 10.1 Å². The molecule has 0 aliphatic carbocycles. The summed E-state index contributed by atoms with van der Waals surface area (Å²) >= 11 is 0. The van der Waals surface area contributed by atoms with Crippen molar-refractivity contribution in [3.8, 4) is 0 Å². The minimum absolute atomic E-state index is 0.00381. The predicted molar refractivity (Wildman–Crippen MR) is 112 cm³/mol. The van der Waals surface area contributed by atoms with Crippen molar-refractivity contribution in [2.75, 3.05) is 18.1 Å². The highest BCUT2D eigenvalue weighted by Crippen LogP contribution is 2.24. The Bertz CT molecular complexity index is 892. The van der Waals surface area contributed by atoms with Gasteiger partial charge in [-0.2, -0.15) is 10.2 Å². The second-order valence-electron chi connectivity index (χ2n) is 6.50. The lowest BCUT2D eigenvalue weighted by molar-refractivity contribution is -0.384. The summed E-state index contributed by atoms with van der Waals surface area (Å²) in [6.07, 6.45) is 0. The lowest BCUT2D eigenvalue weighted by Gasteiger charge is -2.29. The first-order valence-corrected chi connectivity index (χ1v) is 9.17. The summed E-state index contributed by atoms with van der Waals surface area (Å²) in [5.74, 6) is -0.394. The Balaban J connectivity index is 2.02. The zero-order chi connectivity index (χ0) is 21.4. The number of non-ortho nitro benzene ring substituents is 1. The van der Waals surface area contributed by atoms with E-state index in [4.69, 9.17) is 4.74 Å². The zero-order valence-electron chi connectivity index (χ0n) is 16.7. The minimum atomic E-state index is -0.459. The number of ether oxygens (including phenoxy) is 1. The van der Waals surface area contributed by atoms with E-state index >= 15 is 0 Å². The molecule has 0 aromatic heterocycles. The number of carbonyl (C=O) groups is 1. The van der Waals surface area contributed by atoms with E-state index in [1.54, 1.807) is 19.1 Å². The van der Waals surface area contributed by atoms with E-state index in [0.717, 1.165) is 12.2 Å². The van der Waals surface area contributed by atoms with Crippen molar-refractivity contribution in [3.63, 3.8) is 0 Å². The van der Waals surface area contributed by atoms with Gasteiger partial charge in [-0.25, -0.2) is 4.79 Å². The highest BCUT2D eigenvalue weighted by molar-refractivity contribution is 5.86. The lowest BCUT2D eigenvalue weighted by Crippen LogP contribution is -2.37. The second kappa shape index (κ2) is 10.1. The molecule has 29 heavy (non-hydrogen) atoms. The number of benzene rings is 2. The van der Waals surface area contributed by atoms with Gasteiger partial charge in [0.25, 0.3) is 5.69 Å². The van der Waals surface area contributed by atoms with Gasteiger partial charge in [0, 0.05) is 29.9 Å². The molecule has 8 heteroatoms. The standard InChI is InChI=1S/C21H24N4O4/c1-5-24(16(4)14-29-21(26)15(2)3)19-10-6-17(7-11-19)22-23-18-8-12-20(13-9-18)25(27)28/h6-13,16H,2,5,14H2,1,3-4H3. The van der Waals surface area contributed by atoms with E-state index in [1.165, 1.54) is 12.1 Å². The molecule has 2 aromatic rings. The summed E-state index contributed by atoms with van der Waals surface area (Å²) in [6, 6.07) is 13.4. The molecule has 8 nitrogen and oxygen atoms in total. The number of hydrogen-bond acceptors (Lipinski definition) is 7. The number of nitro groups is 1. The highest BCUT2D eigenvalue weighted by Gasteiger charge is 2.15. The molecule has 1 unspecified atom stereocenters. The molecule has 0 aliphatic heterocycles. The van der Waals surface area contributed by atoms with Gasteiger partial charge in [0.1, 0.15) is 6.61 Å². The summed E-state index contributed by atoms with van der Waals surface area (Å²) in [4.78, 5) is 23.9. The molecule has 2 rings (SSSR count). The van der Waals surface area contributed by atoms with Crippen molar-refractivity contribution in [1.82, 2.24) is 0 Å². The highest BCUT2D eigenvalue weighted by atomic mass is 16.6. The van der Waals surface area contributed by atoms with Crippen LogP contribution < -0.4 is 4.90 Å². The van der Waals surface area contributed by atoms with E-state index in [1.807, 2.05) is 38.1 Å². The van der Waals surface area contributed by atoms with E-state index in [2.05, 4.69) is 21.7 Å². The van der Waals surface area contributed by atoms with Crippen LogP contribution in [0.25, 0.3) is 0 Å². The number of azo groups is 1. The van der Waals surface area contributed by atoms with E-state index < -0.39 is 10.9 Å². The molecule has 0 N–H and O–H groups in total. The van der Waals surface area contributed by atoms with Crippen LogP contribution in [0.15, 0.2) is 70.9 Å². The monoisotopic (exact) mass is 396 g/mol. The number of esters is 1. The SMILES string of the molecule is C=C(C)C(=O)OCC(C)N(CC)c1ccc(N=Nc2ccc([N+](=O)[O-])cc2)cc1. The van der Waals surface area contributed by atoms with Gasteiger partial charge in [0.2, 0.25) is 0 Å². The average Bonchev–Trinajstić information content (AvgIpc) is 2.72. The first kappa shape index (κ1) is 21.7. The molecule has 0 radical (unpaired) electrons. The molecule has 0 aliphatic rings. The van der Waals surface area contributed by atoms with Crippen LogP contribution in [0, 0.1) is 10.1 Å². The van der Waals surface area contributed by atoms with E-state index in [-0.39, 0.29) is 18.3 Å². The minimum Gasteiger partial charge on any atom is -0.460 e. The van der Waals surface area contributed by atoms with Gasteiger partial charge in [0.05, 0.1) is 22.3 Å². The molecule has 0 amide bonds. The van der Waals surface area contributed by atoms with Crippen LogP contribution in [0.2, 0.25) is 0 Å². The lowest BCUT2D eigenvalue weighted by atomic mass is 10.2. The Labute approximate surface area is 169 Å². The van der Waals surface area contributed by atoms with Gasteiger partial charge >= 0.3 is 5.97 Å². The van der Waals surface area contributed by atoms with Crippen molar-refractivity contribution in [1.29, 1.82) is 0 Å². The third kappa shape index (κ3) is 6.24. The van der Waals surface area contributed by atoms with Crippen molar-refractivity contribution < 1.29 is 14.5 Å². The number of carbonyl (C=O) groups excluding carboxylic acids is 1. The maximum atomic E-state index is 11.6. The molecule has 0 saturated heterocycles. The Morgan fingerprint density at radius 1 is 1.14 bits per heavy atom. The zero-order valence-corrected chi connectivity index (χ0v) is 16.7. The van der Waals surface area contributed by atoms with Crippen molar-refractivity contribution in [3.05, 3.63) is 70.8 Å². The molecule has 0 bridgehead atoms. The predicted octanol–water partition coefficient (Wildman–Crippen LogP) is 5.34. The third-order valence-corrected chi connectivity index (χ3v) is 4.20. The number of anilines is 1. The number of nitrogens with zero attached hydrogens (tertiary/aromatic N) is 4. The van der Waals surface area contributed by atoms with Crippen LogP contribution in [-0.2, 0) is 9.53 Å². The molecule has 1 atom stereocenters. The number of nitro benzene ring substituents is 1. The molecular weight excluding hydrogens is 372 g/mol. The Morgan fingerprint density at radius 3 is 2.10 bits per heavy atom. The van der Waals surface area contributed by atoms with Crippen LogP contribution in [0.3, 0.4) is 0 Å². The summed E-state index contributed by atoms with van der Waals surface area (Å²) in [5, 5.41) is 18.9. The van der Waals surface area contributed by atoms with Crippen LogP contribution in [0.1, 0.15) is 20.8 Å². The van der Waals surface area contributed by atoms with Crippen molar-refractivity contribution in [2.24, 2.45) is 10.2 Å².